The zero-order valence-electron chi connectivity index (χ0n) is 12.5. The van der Waals surface area contributed by atoms with Gasteiger partial charge in [-0.15, -0.1) is 10.2 Å². The molecule has 0 bridgehead atoms. The Morgan fingerprint density at radius 3 is 2.90 bits per heavy atom. The molecule has 5 heteroatoms. The zero-order chi connectivity index (χ0) is 14.7. The molecule has 1 atom stereocenters. The van der Waals surface area contributed by atoms with Crippen molar-refractivity contribution in [3.8, 4) is 0 Å². The first-order valence-corrected chi connectivity index (χ1v) is 8.28. The molecular weight excluding hydrogens is 282 g/mol. The Balaban J connectivity index is 1.69. The van der Waals surface area contributed by atoms with Crippen LogP contribution < -0.4 is 5.32 Å². The van der Waals surface area contributed by atoms with Gasteiger partial charge in [-0.2, -0.15) is 0 Å². The van der Waals surface area contributed by atoms with Gasteiger partial charge in [-0.1, -0.05) is 43.4 Å². The number of benzene rings is 1. The third-order valence-electron chi connectivity index (χ3n) is 3.74. The standard InChI is InChI=1S/C16H21N3OS/c1-11(2)16-19-18-15(21-16)9-17-14-6-4-3-5-13(14)12-7-8-20-10-12/h3-6,11-12,17H,7-10H2,1-2H3. The van der Waals surface area contributed by atoms with E-state index in [-0.39, 0.29) is 0 Å². The predicted octanol–water partition coefficient (Wildman–Crippen LogP) is 3.78. The average molecular weight is 303 g/mol. The molecule has 1 unspecified atom stereocenters. The Bertz CT molecular complexity index is 591. The van der Waals surface area contributed by atoms with E-state index in [0.717, 1.165) is 36.2 Å². The number of aromatic nitrogens is 2. The number of nitrogens with one attached hydrogen (secondary N) is 1. The van der Waals surface area contributed by atoms with Crippen molar-refractivity contribution in [2.45, 2.75) is 38.6 Å². The fourth-order valence-corrected chi connectivity index (χ4v) is 3.32. The van der Waals surface area contributed by atoms with Crippen LogP contribution in [0.15, 0.2) is 24.3 Å². The van der Waals surface area contributed by atoms with Crippen molar-refractivity contribution in [2.75, 3.05) is 18.5 Å². The Hall–Kier alpha value is -1.46. The van der Waals surface area contributed by atoms with Crippen molar-refractivity contribution >= 4 is 17.0 Å². The van der Waals surface area contributed by atoms with E-state index in [4.69, 9.17) is 4.74 Å². The lowest BCUT2D eigenvalue weighted by Gasteiger charge is -2.15. The second-order valence-corrected chi connectivity index (χ2v) is 6.78. The molecule has 1 aromatic heterocycles. The zero-order valence-corrected chi connectivity index (χ0v) is 13.3. The highest BCUT2D eigenvalue weighted by atomic mass is 32.1. The highest BCUT2D eigenvalue weighted by Gasteiger charge is 2.20. The van der Waals surface area contributed by atoms with Crippen molar-refractivity contribution < 1.29 is 4.74 Å². The van der Waals surface area contributed by atoms with Crippen molar-refractivity contribution in [3.05, 3.63) is 39.8 Å². The van der Waals surface area contributed by atoms with E-state index >= 15 is 0 Å². The first-order valence-electron chi connectivity index (χ1n) is 7.47. The molecule has 2 aromatic rings. The summed E-state index contributed by atoms with van der Waals surface area (Å²) in [5.41, 5.74) is 2.54. The van der Waals surface area contributed by atoms with E-state index in [1.165, 1.54) is 11.3 Å². The molecular formula is C16H21N3OS. The minimum Gasteiger partial charge on any atom is -0.381 e. The normalized spacial score (nSPS) is 18.3. The van der Waals surface area contributed by atoms with Gasteiger partial charge < -0.3 is 10.1 Å². The van der Waals surface area contributed by atoms with Crippen LogP contribution in [0, 0.1) is 0 Å². The molecule has 2 heterocycles. The molecule has 1 aromatic carbocycles. The lowest BCUT2D eigenvalue weighted by molar-refractivity contribution is 0.194. The molecule has 1 fully saturated rings. The second kappa shape index (κ2) is 6.54. The third kappa shape index (κ3) is 3.41. The smallest absolute Gasteiger partial charge is 0.136 e. The molecule has 1 saturated heterocycles. The molecule has 0 amide bonds. The largest absolute Gasteiger partial charge is 0.381 e. The van der Waals surface area contributed by atoms with Crippen LogP contribution in [0.2, 0.25) is 0 Å². The Morgan fingerprint density at radius 1 is 1.33 bits per heavy atom. The second-order valence-electron chi connectivity index (χ2n) is 5.69. The van der Waals surface area contributed by atoms with Gasteiger partial charge in [0.1, 0.15) is 10.0 Å². The molecule has 4 nitrogen and oxygen atoms in total. The van der Waals surface area contributed by atoms with Crippen LogP contribution in [0.5, 0.6) is 0 Å². The van der Waals surface area contributed by atoms with Crippen molar-refractivity contribution in [1.29, 1.82) is 0 Å². The minimum absolute atomic E-state index is 0.444. The first-order chi connectivity index (χ1) is 10.2. The summed E-state index contributed by atoms with van der Waals surface area (Å²) in [5, 5.41) is 14.1. The van der Waals surface area contributed by atoms with E-state index in [0.29, 0.717) is 11.8 Å². The van der Waals surface area contributed by atoms with Gasteiger partial charge >= 0.3 is 0 Å². The van der Waals surface area contributed by atoms with Gasteiger partial charge in [0, 0.05) is 24.1 Å². The maximum atomic E-state index is 5.51. The molecule has 0 saturated carbocycles. The van der Waals surface area contributed by atoms with E-state index < -0.39 is 0 Å². The summed E-state index contributed by atoms with van der Waals surface area (Å²) < 4.78 is 5.51. The summed E-state index contributed by atoms with van der Waals surface area (Å²) in [6.07, 6.45) is 1.11. The molecule has 3 rings (SSSR count). The van der Waals surface area contributed by atoms with Gasteiger partial charge in [0.15, 0.2) is 0 Å². The highest BCUT2D eigenvalue weighted by Crippen LogP contribution is 2.31. The molecule has 21 heavy (non-hydrogen) atoms. The molecule has 1 N–H and O–H groups in total. The fraction of sp³-hybridized carbons (Fsp3) is 0.500. The van der Waals surface area contributed by atoms with Gasteiger partial charge in [-0.25, -0.2) is 0 Å². The number of hydrogen-bond donors (Lipinski definition) is 1. The van der Waals surface area contributed by atoms with Crippen LogP contribution >= 0.6 is 11.3 Å². The number of anilines is 1. The summed E-state index contributed by atoms with van der Waals surface area (Å²) >= 11 is 1.69. The Kier molecular flexibility index (Phi) is 4.51. The van der Waals surface area contributed by atoms with Crippen molar-refractivity contribution in [3.63, 3.8) is 0 Å². The molecule has 112 valence electrons. The molecule has 1 aliphatic rings. The number of rotatable bonds is 5. The molecule has 0 radical (unpaired) electrons. The maximum absolute atomic E-state index is 5.51. The number of nitrogens with zero attached hydrogens (tertiary/aromatic N) is 2. The van der Waals surface area contributed by atoms with Gasteiger partial charge in [0.2, 0.25) is 0 Å². The topological polar surface area (TPSA) is 47.0 Å². The first kappa shape index (κ1) is 14.5. The van der Waals surface area contributed by atoms with Gasteiger partial charge in [0.05, 0.1) is 13.2 Å². The SMILES string of the molecule is CC(C)c1nnc(CNc2ccccc2C2CCOC2)s1. The van der Waals surface area contributed by atoms with Crippen LogP contribution in [0.1, 0.15) is 47.7 Å². The quantitative estimate of drug-likeness (QED) is 0.913. The third-order valence-corrected chi connectivity index (χ3v) is 4.96. The summed E-state index contributed by atoms with van der Waals surface area (Å²) in [7, 11) is 0. The van der Waals surface area contributed by atoms with Crippen LogP contribution in [0.4, 0.5) is 5.69 Å². The van der Waals surface area contributed by atoms with Crippen LogP contribution in [-0.4, -0.2) is 23.4 Å². The van der Waals surface area contributed by atoms with Crippen LogP contribution in [-0.2, 0) is 11.3 Å². The van der Waals surface area contributed by atoms with E-state index in [1.54, 1.807) is 11.3 Å². The van der Waals surface area contributed by atoms with Crippen molar-refractivity contribution in [1.82, 2.24) is 10.2 Å². The minimum atomic E-state index is 0.444. The number of ether oxygens (including phenoxy) is 1. The van der Waals surface area contributed by atoms with E-state index in [2.05, 4.69) is 53.6 Å². The monoisotopic (exact) mass is 303 g/mol. The molecule has 0 aliphatic carbocycles. The number of para-hydroxylation sites is 1. The maximum Gasteiger partial charge on any atom is 0.136 e. The van der Waals surface area contributed by atoms with Crippen LogP contribution in [0.3, 0.4) is 0 Å². The van der Waals surface area contributed by atoms with Gasteiger partial charge in [0.25, 0.3) is 0 Å². The number of hydrogen-bond acceptors (Lipinski definition) is 5. The summed E-state index contributed by atoms with van der Waals surface area (Å²) in [5.74, 6) is 0.952. The summed E-state index contributed by atoms with van der Waals surface area (Å²) in [4.78, 5) is 0. The van der Waals surface area contributed by atoms with E-state index in [9.17, 15) is 0 Å². The van der Waals surface area contributed by atoms with Gasteiger partial charge in [-0.3, -0.25) is 0 Å². The fourth-order valence-electron chi connectivity index (χ4n) is 2.54. The predicted molar refractivity (Wildman–Crippen MR) is 85.9 cm³/mol. The lowest BCUT2D eigenvalue weighted by atomic mass is 9.97. The van der Waals surface area contributed by atoms with Gasteiger partial charge in [-0.05, 0) is 18.1 Å². The average Bonchev–Trinajstić information content (AvgIpc) is 3.17. The Labute approximate surface area is 129 Å². The van der Waals surface area contributed by atoms with Crippen LogP contribution in [0.25, 0.3) is 0 Å². The lowest BCUT2D eigenvalue weighted by Crippen LogP contribution is -2.06. The summed E-state index contributed by atoms with van der Waals surface area (Å²) in [6, 6.07) is 8.50. The van der Waals surface area contributed by atoms with E-state index in [1.807, 2.05) is 0 Å². The highest BCUT2D eigenvalue weighted by molar-refractivity contribution is 7.11. The molecule has 1 aliphatic heterocycles. The van der Waals surface area contributed by atoms with Crippen molar-refractivity contribution in [2.24, 2.45) is 0 Å². The molecule has 0 spiro atoms. The Morgan fingerprint density at radius 2 is 2.19 bits per heavy atom. The summed E-state index contributed by atoms with van der Waals surface area (Å²) in [6.45, 7) is 6.72.